The van der Waals surface area contributed by atoms with E-state index in [1.807, 2.05) is 0 Å². The van der Waals surface area contributed by atoms with Gasteiger partial charge in [-0.05, 0) is 31.4 Å². The highest BCUT2D eigenvalue weighted by molar-refractivity contribution is 6.33. The molecule has 1 aromatic rings. The zero-order chi connectivity index (χ0) is 13.1. The third kappa shape index (κ3) is 2.93. The van der Waals surface area contributed by atoms with Gasteiger partial charge in [0.1, 0.15) is 5.82 Å². The van der Waals surface area contributed by atoms with Crippen LogP contribution < -0.4 is 5.32 Å². The third-order valence-corrected chi connectivity index (χ3v) is 3.65. The van der Waals surface area contributed by atoms with Crippen LogP contribution in [0.1, 0.15) is 25.7 Å². The van der Waals surface area contributed by atoms with Gasteiger partial charge in [-0.2, -0.15) is 0 Å². The largest absolute Gasteiger partial charge is 0.481 e. The second kappa shape index (κ2) is 5.57. The van der Waals surface area contributed by atoms with E-state index in [0.29, 0.717) is 17.9 Å². The lowest BCUT2D eigenvalue weighted by molar-refractivity contribution is -0.142. The number of carboxylic acids is 1. The first-order chi connectivity index (χ1) is 8.58. The van der Waals surface area contributed by atoms with Crippen molar-refractivity contribution in [3.63, 3.8) is 0 Å². The molecule has 0 saturated heterocycles. The monoisotopic (exact) mass is 271 g/mol. The summed E-state index contributed by atoms with van der Waals surface area (Å²) in [6, 6.07) is 4.47. The van der Waals surface area contributed by atoms with Gasteiger partial charge in [-0.25, -0.2) is 4.39 Å². The number of benzene rings is 1. The summed E-state index contributed by atoms with van der Waals surface area (Å²) in [6.45, 7) is 0. The van der Waals surface area contributed by atoms with Crippen LogP contribution in [0.25, 0.3) is 0 Å². The number of hydrogen-bond acceptors (Lipinski definition) is 2. The smallest absolute Gasteiger partial charge is 0.306 e. The van der Waals surface area contributed by atoms with Crippen molar-refractivity contribution >= 4 is 23.3 Å². The molecule has 98 valence electrons. The van der Waals surface area contributed by atoms with Crippen molar-refractivity contribution in [2.75, 3.05) is 5.32 Å². The fourth-order valence-corrected chi connectivity index (χ4v) is 2.60. The molecule has 1 saturated carbocycles. The summed E-state index contributed by atoms with van der Waals surface area (Å²) < 4.78 is 13.6. The summed E-state index contributed by atoms with van der Waals surface area (Å²) in [4.78, 5) is 11.0. The second-order valence-electron chi connectivity index (χ2n) is 4.64. The third-order valence-electron chi connectivity index (χ3n) is 3.33. The van der Waals surface area contributed by atoms with Crippen molar-refractivity contribution in [1.29, 1.82) is 0 Å². The topological polar surface area (TPSA) is 49.3 Å². The summed E-state index contributed by atoms with van der Waals surface area (Å²) in [6.07, 6.45) is 2.88. The number of anilines is 1. The SMILES string of the molecule is O=C(O)C1CCCC(Nc2c(F)cccc2Cl)C1. The van der Waals surface area contributed by atoms with Gasteiger partial charge in [0.25, 0.3) is 0 Å². The molecule has 2 N–H and O–H groups in total. The van der Waals surface area contributed by atoms with Gasteiger partial charge < -0.3 is 10.4 Å². The Morgan fingerprint density at radius 1 is 1.44 bits per heavy atom. The van der Waals surface area contributed by atoms with Crippen molar-refractivity contribution < 1.29 is 14.3 Å². The predicted octanol–water partition coefficient (Wildman–Crippen LogP) is 3.53. The van der Waals surface area contributed by atoms with E-state index in [-0.39, 0.29) is 17.6 Å². The Labute approximate surface area is 110 Å². The van der Waals surface area contributed by atoms with E-state index in [0.717, 1.165) is 12.8 Å². The van der Waals surface area contributed by atoms with Gasteiger partial charge in [-0.3, -0.25) is 4.79 Å². The first kappa shape index (κ1) is 13.1. The molecule has 1 fully saturated rings. The number of para-hydroxylation sites is 1. The van der Waals surface area contributed by atoms with Crippen molar-refractivity contribution in [2.24, 2.45) is 5.92 Å². The van der Waals surface area contributed by atoms with E-state index in [1.165, 1.54) is 6.07 Å². The number of nitrogens with one attached hydrogen (secondary N) is 1. The number of aliphatic carboxylic acids is 1. The van der Waals surface area contributed by atoms with Crippen LogP contribution in [0, 0.1) is 11.7 Å². The van der Waals surface area contributed by atoms with Gasteiger partial charge in [0, 0.05) is 6.04 Å². The van der Waals surface area contributed by atoms with Crippen LogP contribution in [0.3, 0.4) is 0 Å². The van der Waals surface area contributed by atoms with Gasteiger partial charge in [-0.1, -0.05) is 24.1 Å². The van der Waals surface area contributed by atoms with Gasteiger partial charge in [0.2, 0.25) is 0 Å². The molecule has 0 bridgehead atoms. The number of hydrogen-bond donors (Lipinski definition) is 2. The summed E-state index contributed by atoms with van der Waals surface area (Å²) in [5.74, 6) is -1.53. The molecule has 5 heteroatoms. The first-order valence-corrected chi connectivity index (χ1v) is 6.39. The molecule has 2 unspecified atom stereocenters. The molecule has 0 aliphatic heterocycles. The Kier molecular flexibility index (Phi) is 4.07. The molecular formula is C13H15ClFNO2. The maximum atomic E-state index is 13.6. The molecule has 18 heavy (non-hydrogen) atoms. The Bertz CT molecular complexity index is 432. The Morgan fingerprint density at radius 3 is 2.89 bits per heavy atom. The number of rotatable bonds is 3. The van der Waals surface area contributed by atoms with Gasteiger partial charge >= 0.3 is 5.97 Å². The molecule has 0 amide bonds. The van der Waals surface area contributed by atoms with E-state index in [9.17, 15) is 9.18 Å². The molecule has 2 rings (SSSR count). The molecule has 0 radical (unpaired) electrons. The maximum absolute atomic E-state index is 13.6. The van der Waals surface area contributed by atoms with E-state index in [1.54, 1.807) is 12.1 Å². The lowest BCUT2D eigenvalue weighted by atomic mass is 9.85. The number of halogens is 2. The van der Waals surface area contributed by atoms with E-state index >= 15 is 0 Å². The fourth-order valence-electron chi connectivity index (χ4n) is 2.39. The lowest BCUT2D eigenvalue weighted by Crippen LogP contribution is -2.31. The van der Waals surface area contributed by atoms with Gasteiger partial charge in [-0.15, -0.1) is 0 Å². The quantitative estimate of drug-likeness (QED) is 0.884. The van der Waals surface area contributed by atoms with Crippen LogP contribution in [0.15, 0.2) is 18.2 Å². The minimum atomic E-state index is -0.777. The number of carbonyl (C=O) groups is 1. The first-order valence-electron chi connectivity index (χ1n) is 6.01. The van der Waals surface area contributed by atoms with Gasteiger partial charge in [0.05, 0.1) is 16.6 Å². The minimum absolute atomic E-state index is 0.0331. The number of carboxylic acid groups (broad SMARTS) is 1. The predicted molar refractivity (Wildman–Crippen MR) is 68.4 cm³/mol. The second-order valence-corrected chi connectivity index (χ2v) is 5.05. The van der Waals surface area contributed by atoms with Crippen molar-refractivity contribution in [3.8, 4) is 0 Å². The standard InChI is InChI=1S/C13H15ClFNO2/c14-10-5-2-6-11(15)12(10)16-9-4-1-3-8(7-9)13(17)18/h2,5-6,8-9,16H,1,3-4,7H2,(H,17,18). The summed E-state index contributed by atoms with van der Waals surface area (Å²) in [5, 5.41) is 12.4. The van der Waals surface area contributed by atoms with Crippen LogP contribution >= 0.6 is 11.6 Å². The Hall–Kier alpha value is -1.29. The maximum Gasteiger partial charge on any atom is 0.306 e. The van der Waals surface area contributed by atoms with Crippen LogP contribution in [0.5, 0.6) is 0 Å². The Balaban J connectivity index is 2.07. The molecule has 0 aromatic heterocycles. The summed E-state index contributed by atoms with van der Waals surface area (Å²) >= 11 is 5.93. The van der Waals surface area contributed by atoms with Crippen molar-refractivity contribution in [1.82, 2.24) is 0 Å². The fraction of sp³-hybridized carbons (Fsp3) is 0.462. The van der Waals surface area contributed by atoms with Crippen LogP contribution in [-0.4, -0.2) is 17.1 Å². The van der Waals surface area contributed by atoms with Crippen molar-refractivity contribution in [2.45, 2.75) is 31.7 Å². The molecule has 2 atom stereocenters. The molecule has 1 aromatic carbocycles. The average molecular weight is 272 g/mol. The molecule has 0 heterocycles. The van der Waals surface area contributed by atoms with E-state index < -0.39 is 11.8 Å². The highest BCUT2D eigenvalue weighted by Gasteiger charge is 2.27. The summed E-state index contributed by atoms with van der Waals surface area (Å²) in [5.41, 5.74) is 0.273. The highest BCUT2D eigenvalue weighted by atomic mass is 35.5. The zero-order valence-corrected chi connectivity index (χ0v) is 10.6. The van der Waals surface area contributed by atoms with Crippen LogP contribution in [-0.2, 0) is 4.79 Å². The van der Waals surface area contributed by atoms with E-state index in [4.69, 9.17) is 16.7 Å². The van der Waals surface area contributed by atoms with Crippen LogP contribution in [0.2, 0.25) is 5.02 Å². The lowest BCUT2D eigenvalue weighted by Gasteiger charge is -2.28. The molecule has 1 aliphatic rings. The van der Waals surface area contributed by atoms with Crippen molar-refractivity contribution in [3.05, 3.63) is 29.0 Å². The minimum Gasteiger partial charge on any atom is -0.481 e. The highest BCUT2D eigenvalue weighted by Crippen LogP contribution is 2.31. The molecular weight excluding hydrogens is 257 g/mol. The molecule has 1 aliphatic carbocycles. The normalized spacial score (nSPS) is 23.7. The molecule has 3 nitrogen and oxygen atoms in total. The van der Waals surface area contributed by atoms with Gasteiger partial charge in [0.15, 0.2) is 0 Å². The van der Waals surface area contributed by atoms with E-state index in [2.05, 4.69) is 5.32 Å². The van der Waals surface area contributed by atoms with Crippen LogP contribution in [0.4, 0.5) is 10.1 Å². The Morgan fingerprint density at radius 2 is 2.22 bits per heavy atom. The average Bonchev–Trinajstić information content (AvgIpc) is 2.34. The zero-order valence-electron chi connectivity index (χ0n) is 9.83. The summed E-state index contributed by atoms with van der Waals surface area (Å²) in [7, 11) is 0. The molecule has 0 spiro atoms.